The van der Waals surface area contributed by atoms with Crippen molar-refractivity contribution in [2.45, 2.75) is 26.1 Å². The lowest BCUT2D eigenvalue weighted by Crippen LogP contribution is -2.26. The number of amides is 1. The number of carbonyl (C=O) groups excluding carboxylic acids is 1. The molecule has 5 aromatic rings. The Balaban J connectivity index is 0.000000517. The van der Waals surface area contributed by atoms with E-state index in [1.165, 1.54) is 12.1 Å². The highest BCUT2D eigenvalue weighted by molar-refractivity contribution is 6.00. The number of aryl methyl sites for hydroxylation is 1. The van der Waals surface area contributed by atoms with Crippen LogP contribution in [0.3, 0.4) is 0 Å². The molecule has 2 N–H and O–H groups in total. The van der Waals surface area contributed by atoms with Crippen LogP contribution in [0, 0.1) is 18.6 Å². The number of nitrogens with zero attached hydrogens (tertiary/aromatic N) is 5. The minimum atomic E-state index is -5.08. The summed E-state index contributed by atoms with van der Waals surface area (Å²) in [6, 6.07) is 14.7. The summed E-state index contributed by atoms with van der Waals surface area (Å²) in [5, 5.41) is 10.0. The van der Waals surface area contributed by atoms with Gasteiger partial charge in [-0.3, -0.25) is 14.2 Å². The molecule has 0 bridgehead atoms. The summed E-state index contributed by atoms with van der Waals surface area (Å²) in [4.78, 5) is 35.3. The van der Waals surface area contributed by atoms with E-state index in [1.807, 2.05) is 42.6 Å². The third-order valence-corrected chi connectivity index (χ3v) is 5.96. The average Bonchev–Trinajstić information content (AvgIpc) is 3.51. The second-order valence-corrected chi connectivity index (χ2v) is 8.91. The Hall–Kier alpha value is -5.14. The number of hydrogen-bond acceptors (Lipinski definition) is 5. The highest BCUT2D eigenvalue weighted by atomic mass is 19.4. The van der Waals surface area contributed by atoms with Crippen molar-refractivity contribution in [2.75, 3.05) is 6.54 Å². The molecule has 9 nitrogen and oxygen atoms in total. The number of hydrogen-bond donors (Lipinski definition) is 2. The van der Waals surface area contributed by atoms with Crippen molar-refractivity contribution < 1.29 is 36.6 Å². The predicted molar refractivity (Wildman–Crippen MR) is 141 cm³/mol. The largest absolute Gasteiger partial charge is 0.490 e. The number of aliphatic carboxylic acids is 1. The zero-order valence-corrected chi connectivity index (χ0v) is 21.9. The van der Waals surface area contributed by atoms with Crippen molar-refractivity contribution in [2.24, 2.45) is 0 Å². The molecule has 1 amide bonds. The van der Waals surface area contributed by atoms with E-state index in [0.717, 1.165) is 11.8 Å². The second-order valence-electron chi connectivity index (χ2n) is 8.91. The molecule has 0 aliphatic carbocycles. The molecule has 0 atom stereocenters. The van der Waals surface area contributed by atoms with E-state index in [-0.39, 0.29) is 12.5 Å². The van der Waals surface area contributed by atoms with Gasteiger partial charge in [-0.25, -0.2) is 23.5 Å². The Labute approximate surface area is 235 Å². The molecule has 4 heterocycles. The number of rotatable bonds is 7. The summed E-state index contributed by atoms with van der Waals surface area (Å²) < 4.78 is 62.7. The number of alkyl halides is 3. The molecular weight excluding hydrogens is 563 g/mol. The van der Waals surface area contributed by atoms with Crippen LogP contribution in [0.5, 0.6) is 0 Å². The van der Waals surface area contributed by atoms with Gasteiger partial charge in [0.15, 0.2) is 11.5 Å². The number of carboxylic acids is 1. The van der Waals surface area contributed by atoms with E-state index in [4.69, 9.17) is 9.90 Å². The zero-order chi connectivity index (χ0) is 30.4. The van der Waals surface area contributed by atoms with Crippen LogP contribution in [-0.4, -0.2) is 53.6 Å². The number of benzene rings is 1. The van der Waals surface area contributed by atoms with Crippen LogP contribution >= 0.6 is 0 Å². The smallest absolute Gasteiger partial charge is 0.475 e. The van der Waals surface area contributed by atoms with E-state index in [9.17, 15) is 26.7 Å². The van der Waals surface area contributed by atoms with E-state index in [2.05, 4.69) is 20.3 Å². The fourth-order valence-electron chi connectivity index (χ4n) is 3.93. The van der Waals surface area contributed by atoms with Crippen molar-refractivity contribution in [1.82, 2.24) is 29.2 Å². The quantitative estimate of drug-likeness (QED) is 0.264. The maximum Gasteiger partial charge on any atom is 0.490 e. The monoisotopic (exact) mass is 586 g/mol. The van der Waals surface area contributed by atoms with Crippen molar-refractivity contribution in [3.63, 3.8) is 0 Å². The summed E-state index contributed by atoms with van der Waals surface area (Å²) in [6.45, 7) is 2.41. The molecule has 0 saturated carbocycles. The molecule has 0 saturated heterocycles. The standard InChI is InChI=1S/C26H22F2N6O.C2HF3O2/c1-17-31-22(16-33(17)15-18-8-9-19(27)14-21(18)28)25-32-24(23-7-3-5-13-34(23)25)26(35)30-12-10-20-6-2-4-11-29-20;3-2(4,5)1(6)7/h2-9,11,13-14,16H,10,12,15H2,1H3,(H,30,35);(H,6,7). The Kier molecular flexibility index (Phi) is 8.93. The van der Waals surface area contributed by atoms with Crippen molar-refractivity contribution >= 4 is 17.4 Å². The van der Waals surface area contributed by atoms with Crippen LogP contribution in [0.25, 0.3) is 17.0 Å². The fraction of sp³-hybridized carbons (Fsp3) is 0.179. The lowest BCUT2D eigenvalue weighted by Gasteiger charge is -2.06. The maximum atomic E-state index is 14.2. The van der Waals surface area contributed by atoms with Crippen LogP contribution in [0.15, 0.2) is 73.2 Å². The number of halogens is 5. The second kappa shape index (κ2) is 12.6. The van der Waals surface area contributed by atoms with Crippen LogP contribution < -0.4 is 5.32 Å². The number of imidazole rings is 2. The van der Waals surface area contributed by atoms with Crippen LogP contribution in [0.2, 0.25) is 0 Å². The first-order valence-electron chi connectivity index (χ1n) is 12.4. The van der Waals surface area contributed by atoms with Gasteiger partial charge in [0.25, 0.3) is 5.91 Å². The minimum absolute atomic E-state index is 0.190. The SMILES string of the molecule is Cc1nc(-c2nc(C(=O)NCCc3ccccn3)c3ccccn23)cn1Cc1ccc(F)cc1F.O=C(O)C(F)(F)F. The van der Waals surface area contributed by atoms with Gasteiger partial charge in [-0.1, -0.05) is 18.2 Å². The number of nitrogens with one attached hydrogen (secondary N) is 1. The number of pyridine rings is 2. The Bertz CT molecular complexity index is 1720. The molecule has 0 aliphatic heterocycles. The van der Waals surface area contributed by atoms with Crippen molar-refractivity contribution in [3.05, 3.63) is 108 Å². The summed E-state index contributed by atoms with van der Waals surface area (Å²) >= 11 is 0. The summed E-state index contributed by atoms with van der Waals surface area (Å²) in [5.41, 5.74) is 2.72. The molecule has 42 heavy (non-hydrogen) atoms. The summed E-state index contributed by atoms with van der Waals surface area (Å²) in [5.74, 6) is -3.15. The Morgan fingerprint density at radius 2 is 1.76 bits per heavy atom. The Morgan fingerprint density at radius 1 is 1.02 bits per heavy atom. The molecule has 4 aromatic heterocycles. The van der Waals surface area contributed by atoms with Gasteiger partial charge in [-0.2, -0.15) is 13.2 Å². The summed E-state index contributed by atoms with van der Waals surface area (Å²) in [7, 11) is 0. The average molecular weight is 587 g/mol. The number of carbonyl (C=O) groups is 2. The molecule has 5 rings (SSSR count). The van der Waals surface area contributed by atoms with Gasteiger partial charge < -0.3 is 15.0 Å². The maximum absolute atomic E-state index is 14.2. The van der Waals surface area contributed by atoms with Crippen molar-refractivity contribution in [3.8, 4) is 11.5 Å². The third-order valence-electron chi connectivity index (χ3n) is 5.96. The molecule has 1 aromatic carbocycles. The first-order chi connectivity index (χ1) is 19.9. The molecule has 0 aliphatic rings. The lowest BCUT2D eigenvalue weighted by molar-refractivity contribution is -0.192. The fourth-order valence-corrected chi connectivity index (χ4v) is 3.93. The van der Waals surface area contributed by atoms with Crippen molar-refractivity contribution in [1.29, 1.82) is 0 Å². The van der Waals surface area contributed by atoms with Gasteiger partial charge >= 0.3 is 12.1 Å². The third kappa shape index (κ3) is 7.13. The normalized spacial score (nSPS) is 11.2. The molecule has 218 valence electrons. The number of aromatic nitrogens is 5. The van der Waals surface area contributed by atoms with Crippen LogP contribution in [0.4, 0.5) is 22.0 Å². The first kappa shape index (κ1) is 29.8. The molecule has 0 radical (unpaired) electrons. The molecule has 14 heteroatoms. The van der Waals surface area contributed by atoms with Gasteiger partial charge in [0.2, 0.25) is 0 Å². The summed E-state index contributed by atoms with van der Waals surface area (Å²) in [6.07, 6.45) is 0.811. The highest BCUT2D eigenvalue weighted by Gasteiger charge is 2.38. The van der Waals surface area contributed by atoms with E-state index in [0.29, 0.717) is 47.1 Å². The van der Waals surface area contributed by atoms with Gasteiger partial charge in [-0.05, 0) is 37.3 Å². The van der Waals surface area contributed by atoms with E-state index >= 15 is 0 Å². The lowest BCUT2D eigenvalue weighted by atomic mass is 10.2. The zero-order valence-electron chi connectivity index (χ0n) is 21.9. The van der Waals surface area contributed by atoms with Crippen LogP contribution in [-0.2, 0) is 17.8 Å². The minimum Gasteiger partial charge on any atom is -0.475 e. The van der Waals surface area contributed by atoms with E-state index in [1.54, 1.807) is 28.3 Å². The topological polar surface area (TPSA) is 114 Å². The molecular formula is C28H23F5N6O3. The molecule has 0 unspecified atom stereocenters. The molecule has 0 fully saturated rings. The first-order valence-corrected chi connectivity index (χ1v) is 12.4. The van der Waals surface area contributed by atoms with Gasteiger partial charge in [0.1, 0.15) is 23.2 Å². The van der Waals surface area contributed by atoms with Gasteiger partial charge in [0, 0.05) is 48.9 Å². The van der Waals surface area contributed by atoms with Crippen LogP contribution in [0.1, 0.15) is 27.6 Å². The number of carboxylic acid groups (broad SMARTS) is 1. The number of fused-ring (bicyclic) bond motifs is 1. The van der Waals surface area contributed by atoms with Gasteiger partial charge in [0.05, 0.1) is 12.1 Å². The van der Waals surface area contributed by atoms with Gasteiger partial charge in [-0.15, -0.1) is 0 Å². The van der Waals surface area contributed by atoms with E-state index < -0.39 is 23.8 Å². The molecule has 0 spiro atoms. The Morgan fingerprint density at radius 3 is 2.43 bits per heavy atom. The predicted octanol–water partition coefficient (Wildman–Crippen LogP) is 4.83. The highest BCUT2D eigenvalue weighted by Crippen LogP contribution is 2.23.